The lowest BCUT2D eigenvalue weighted by Gasteiger charge is -2.10. The van der Waals surface area contributed by atoms with E-state index in [0.29, 0.717) is 0 Å². The number of aryl methyl sites for hydroxylation is 1. The lowest BCUT2D eigenvalue weighted by Crippen LogP contribution is -2.37. The summed E-state index contributed by atoms with van der Waals surface area (Å²) >= 11 is 0. The quantitative estimate of drug-likeness (QED) is 0.455. The van der Waals surface area contributed by atoms with Gasteiger partial charge in [-0.15, -0.1) is 24.0 Å². The molecule has 0 spiro atoms. The Balaban J connectivity index is 0.00000180. The van der Waals surface area contributed by atoms with Crippen molar-refractivity contribution in [3.05, 3.63) is 24.0 Å². The maximum Gasteiger partial charge on any atom is 0.191 e. The number of hydrogen-bond donors (Lipinski definition) is 2. The number of nitrogens with one attached hydrogen (secondary N) is 2. The molecule has 0 bridgehead atoms. The second kappa shape index (κ2) is 8.45. The van der Waals surface area contributed by atoms with Crippen molar-refractivity contribution in [3.8, 4) is 0 Å². The fourth-order valence-electron chi connectivity index (χ4n) is 1.97. The Morgan fingerprint density at radius 3 is 2.79 bits per heavy atom. The Morgan fingerprint density at radius 2 is 2.21 bits per heavy atom. The van der Waals surface area contributed by atoms with Crippen LogP contribution in [0.5, 0.6) is 0 Å². The first-order valence-electron chi connectivity index (χ1n) is 6.91. The van der Waals surface area contributed by atoms with Crippen molar-refractivity contribution in [2.75, 3.05) is 13.1 Å². The molecule has 108 valence electrons. The van der Waals surface area contributed by atoms with Crippen LogP contribution in [-0.4, -0.2) is 23.6 Å². The molecule has 0 unspecified atom stereocenters. The van der Waals surface area contributed by atoms with Crippen LogP contribution in [0, 0.1) is 5.92 Å². The lowest BCUT2D eigenvalue weighted by molar-refractivity contribution is 0.685. The average Bonchev–Trinajstić information content (AvgIpc) is 3.08. The van der Waals surface area contributed by atoms with E-state index >= 15 is 0 Å². The summed E-state index contributed by atoms with van der Waals surface area (Å²) < 4.78 is 2.05. The first-order valence-corrected chi connectivity index (χ1v) is 6.91. The molecule has 1 saturated carbocycles. The predicted molar refractivity (Wildman–Crippen MR) is 91.0 cm³/mol. The van der Waals surface area contributed by atoms with Crippen molar-refractivity contribution in [2.24, 2.45) is 18.0 Å². The number of rotatable bonds is 6. The van der Waals surface area contributed by atoms with Gasteiger partial charge in [0, 0.05) is 32.5 Å². The molecule has 0 aromatic carbocycles. The summed E-state index contributed by atoms with van der Waals surface area (Å²) in [6.45, 7) is 4.77. The first-order chi connectivity index (χ1) is 8.78. The van der Waals surface area contributed by atoms with Gasteiger partial charge in [0.25, 0.3) is 0 Å². The highest BCUT2D eigenvalue weighted by Crippen LogP contribution is 2.31. The van der Waals surface area contributed by atoms with Gasteiger partial charge in [-0.3, -0.25) is 0 Å². The third-order valence-corrected chi connectivity index (χ3v) is 3.20. The predicted octanol–water partition coefficient (Wildman–Crippen LogP) is 2.50. The van der Waals surface area contributed by atoms with E-state index in [1.807, 2.05) is 7.05 Å². The van der Waals surface area contributed by atoms with Crippen LogP contribution in [-0.2, 0) is 13.6 Å². The normalized spacial score (nSPS) is 14.9. The zero-order valence-electron chi connectivity index (χ0n) is 11.9. The Hall–Kier alpha value is -0.720. The molecule has 1 fully saturated rings. The standard InChI is InChI=1S/C14H24N4.HI/c1-3-15-14(16-8-6-12-4-5-12)17-10-13-7-9-18(2)11-13;/h7,9,11-12H,3-6,8,10H2,1-2H3,(H2,15,16,17);1H. The second-order valence-corrected chi connectivity index (χ2v) is 5.04. The van der Waals surface area contributed by atoms with E-state index in [1.54, 1.807) is 0 Å². The van der Waals surface area contributed by atoms with Gasteiger partial charge >= 0.3 is 0 Å². The highest BCUT2D eigenvalue weighted by atomic mass is 127. The molecule has 1 aromatic heterocycles. The molecule has 1 heterocycles. The second-order valence-electron chi connectivity index (χ2n) is 5.04. The smallest absolute Gasteiger partial charge is 0.191 e. The van der Waals surface area contributed by atoms with E-state index in [4.69, 9.17) is 0 Å². The Bertz CT molecular complexity index is 396. The summed E-state index contributed by atoms with van der Waals surface area (Å²) in [5.41, 5.74) is 1.25. The molecular weight excluding hydrogens is 351 g/mol. The minimum Gasteiger partial charge on any atom is -0.357 e. The van der Waals surface area contributed by atoms with E-state index in [-0.39, 0.29) is 24.0 Å². The number of halogens is 1. The Labute approximate surface area is 133 Å². The van der Waals surface area contributed by atoms with E-state index in [9.17, 15) is 0 Å². The van der Waals surface area contributed by atoms with E-state index in [2.05, 4.69) is 45.6 Å². The van der Waals surface area contributed by atoms with Crippen molar-refractivity contribution in [2.45, 2.75) is 32.7 Å². The van der Waals surface area contributed by atoms with Gasteiger partial charge in [-0.2, -0.15) is 0 Å². The minimum absolute atomic E-state index is 0. The highest BCUT2D eigenvalue weighted by Gasteiger charge is 2.20. The van der Waals surface area contributed by atoms with Crippen molar-refractivity contribution < 1.29 is 0 Å². The molecule has 0 atom stereocenters. The van der Waals surface area contributed by atoms with Crippen molar-refractivity contribution in [3.63, 3.8) is 0 Å². The zero-order chi connectivity index (χ0) is 12.8. The monoisotopic (exact) mass is 376 g/mol. The first kappa shape index (κ1) is 16.3. The average molecular weight is 376 g/mol. The molecular formula is C14H25IN4. The van der Waals surface area contributed by atoms with E-state index in [1.165, 1.54) is 24.8 Å². The van der Waals surface area contributed by atoms with Gasteiger partial charge in [-0.05, 0) is 30.9 Å². The van der Waals surface area contributed by atoms with Crippen molar-refractivity contribution >= 4 is 29.9 Å². The molecule has 2 N–H and O–H groups in total. The summed E-state index contributed by atoms with van der Waals surface area (Å²) in [4.78, 5) is 4.60. The van der Waals surface area contributed by atoms with E-state index in [0.717, 1.165) is 31.5 Å². The highest BCUT2D eigenvalue weighted by molar-refractivity contribution is 14.0. The molecule has 0 aliphatic heterocycles. The van der Waals surface area contributed by atoms with Crippen LogP contribution in [0.4, 0.5) is 0 Å². The SMILES string of the molecule is CCNC(=NCc1ccn(C)c1)NCCC1CC1.I. The molecule has 19 heavy (non-hydrogen) atoms. The largest absolute Gasteiger partial charge is 0.357 e. The molecule has 1 aliphatic carbocycles. The fraction of sp³-hybridized carbons (Fsp3) is 0.643. The summed E-state index contributed by atoms with van der Waals surface area (Å²) in [6, 6.07) is 2.11. The fourth-order valence-corrected chi connectivity index (χ4v) is 1.97. The summed E-state index contributed by atoms with van der Waals surface area (Å²) in [7, 11) is 2.03. The van der Waals surface area contributed by atoms with Crippen molar-refractivity contribution in [1.82, 2.24) is 15.2 Å². The van der Waals surface area contributed by atoms with Crippen LogP contribution < -0.4 is 10.6 Å². The van der Waals surface area contributed by atoms with Gasteiger partial charge in [-0.25, -0.2) is 4.99 Å². The molecule has 1 aliphatic rings. The molecule has 0 amide bonds. The molecule has 1 aromatic rings. The number of nitrogens with zero attached hydrogens (tertiary/aromatic N) is 2. The molecule has 0 saturated heterocycles. The topological polar surface area (TPSA) is 41.4 Å². The minimum atomic E-state index is 0. The molecule has 5 heteroatoms. The third kappa shape index (κ3) is 6.31. The van der Waals surface area contributed by atoms with Gasteiger partial charge in [0.1, 0.15) is 0 Å². The van der Waals surface area contributed by atoms with Crippen LogP contribution in [0.1, 0.15) is 31.7 Å². The maximum atomic E-state index is 4.60. The summed E-state index contributed by atoms with van der Waals surface area (Å²) in [6.07, 6.45) is 8.27. The number of aliphatic imine (C=N–C) groups is 1. The lowest BCUT2D eigenvalue weighted by atomic mass is 10.3. The van der Waals surface area contributed by atoms with Crippen LogP contribution in [0.25, 0.3) is 0 Å². The molecule has 2 rings (SSSR count). The van der Waals surface area contributed by atoms with Gasteiger partial charge in [0.15, 0.2) is 5.96 Å². The molecule has 0 radical (unpaired) electrons. The summed E-state index contributed by atoms with van der Waals surface area (Å²) in [5.74, 6) is 1.90. The number of guanidine groups is 1. The number of aromatic nitrogens is 1. The number of hydrogen-bond acceptors (Lipinski definition) is 1. The van der Waals surface area contributed by atoms with Crippen LogP contribution >= 0.6 is 24.0 Å². The Morgan fingerprint density at radius 1 is 1.42 bits per heavy atom. The van der Waals surface area contributed by atoms with Crippen molar-refractivity contribution in [1.29, 1.82) is 0 Å². The molecule has 4 nitrogen and oxygen atoms in total. The van der Waals surface area contributed by atoms with E-state index < -0.39 is 0 Å². The zero-order valence-corrected chi connectivity index (χ0v) is 14.2. The van der Waals surface area contributed by atoms with Crippen LogP contribution in [0.15, 0.2) is 23.5 Å². The Kier molecular flexibility index (Phi) is 7.27. The van der Waals surface area contributed by atoms with Gasteiger partial charge in [0.05, 0.1) is 6.54 Å². The van der Waals surface area contributed by atoms with Gasteiger partial charge in [0.2, 0.25) is 0 Å². The van der Waals surface area contributed by atoms with Crippen LogP contribution in [0.2, 0.25) is 0 Å². The van der Waals surface area contributed by atoms with Gasteiger partial charge in [-0.1, -0.05) is 12.8 Å². The third-order valence-electron chi connectivity index (χ3n) is 3.20. The van der Waals surface area contributed by atoms with Gasteiger partial charge < -0.3 is 15.2 Å². The summed E-state index contributed by atoms with van der Waals surface area (Å²) in [5, 5.41) is 6.69. The maximum absolute atomic E-state index is 4.60. The van der Waals surface area contributed by atoms with Crippen LogP contribution in [0.3, 0.4) is 0 Å².